The van der Waals surface area contributed by atoms with Crippen molar-refractivity contribution in [2.75, 3.05) is 0 Å². The Bertz CT molecular complexity index is 739. The summed E-state index contributed by atoms with van der Waals surface area (Å²) in [5, 5.41) is 5.95. The van der Waals surface area contributed by atoms with Gasteiger partial charge < -0.3 is 4.74 Å². The fourth-order valence-corrected chi connectivity index (χ4v) is 3.31. The predicted octanol–water partition coefficient (Wildman–Crippen LogP) is 4.39. The van der Waals surface area contributed by atoms with Gasteiger partial charge in [-0.3, -0.25) is 0 Å². The molecule has 0 spiro atoms. The molecule has 0 saturated heterocycles. The molecular formula is C14H9BrN2O2S2. The second-order valence-electron chi connectivity index (χ2n) is 4.13. The van der Waals surface area contributed by atoms with Gasteiger partial charge in [0.25, 0.3) is 0 Å². The van der Waals surface area contributed by atoms with E-state index >= 15 is 0 Å². The molecule has 0 aliphatic carbocycles. The van der Waals surface area contributed by atoms with E-state index in [1.54, 1.807) is 0 Å². The molecule has 2 aromatic heterocycles. The van der Waals surface area contributed by atoms with Gasteiger partial charge in [-0.15, -0.1) is 16.4 Å². The third kappa shape index (κ3) is 3.37. The molecule has 0 amide bonds. The van der Waals surface area contributed by atoms with E-state index in [4.69, 9.17) is 4.74 Å². The zero-order chi connectivity index (χ0) is 14.7. The van der Waals surface area contributed by atoms with Crippen LogP contribution < -0.4 is 0 Å². The maximum absolute atomic E-state index is 12.2. The molecule has 7 heteroatoms. The first-order valence-electron chi connectivity index (χ1n) is 6.02. The topological polar surface area (TPSA) is 52.1 Å². The number of benzene rings is 1. The summed E-state index contributed by atoms with van der Waals surface area (Å²) in [5.74, 6) is -0.392. The lowest BCUT2D eigenvalue weighted by molar-refractivity contribution is 0.0479. The van der Waals surface area contributed by atoms with E-state index in [0.717, 1.165) is 26.4 Å². The Hall–Kier alpha value is -1.57. The second kappa shape index (κ2) is 6.46. The lowest BCUT2D eigenvalue weighted by atomic mass is 10.2. The van der Waals surface area contributed by atoms with Crippen LogP contribution in [-0.2, 0) is 11.3 Å². The molecular weight excluding hydrogens is 372 g/mol. The van der Waals surface area contributed by atoms with Crippen molar-refractivity contribution in [3.8, 4) is 10.6 Å². The number of carbonyl (C=O) groups excluding carboxylic acids is 1. The van der Waals surface area contributed by atoms with E-state index in [0.29, 0.717) is 10.6 Å². The highest BCUT2D eigenvalue weighted by molar-refractivity contribution is 9.10. The zero-order valence-electron chi connectivity index (χ0n) is 10.7. The van der Waals surface area contributed by atoms with Gasteiger partial charge >= 0.3 is 5.97 Å². The molecule has 3 rings (SSSR count). The van der Waals surface area contributed by atoms with Crippen molar-refractivity contribution in [1.82, 2.24) is 9.59 Å². The summed E-state index contributed by atoms with van der Waals surface area (Å²) >= 11 is 5.94. The Labute approximate surface area is 137 Å². The van der Waals surface area contributed by atoms with Gasteiger partial charge in [0.1, 0.15) is 12.3 Å². The fourth-order valence-electron chi connectivity index (χ4n) is 1.69. The summed E-state index contributed by atoms with van der Waals surface area (Å²) in [5.41, 5.74) is 1.53. The van der Waals surface area contributed by atoms with Crippen LogP contribution in [0.2, 0.25) is 0 Å². The van der Waals surface area contributed by atoms with E-state index in [-0.39, 0.29) is 6.61 Å². The van der Waals surface area contributed by atoms with Crippen LogP contribution in [0.1, 0.15) is 15.2 Å². The number of halogens is 1. The van der Waals surface area contributed by atoms with Gasteiger partial charge in [0.05, 0.1) is 4.88 Å². The van der Waals surface area contributed by atoms with Crippen molar-refractivity contribution in [3.63, 3.8) is 0 Å². The molecule has 3 aromatic rings. The number of ether oxygens (including phenoxy) is 1. The minimum atomic E-state index is -0.392. The summed E-state index contributed by atoms with van der Waals surface area (Å²) in [6.07, 6.45) is 0. The first-order valence-corrected chi connectivity index (χ1v) is 8.46. The summed E-state index contributed by atoms with van der Waals surface area (Å²) in [7, 11) is 0. The van der Waals surface area contributed by atoms with Crippen molar-refractivity contribution in [1.29, 1.82) is 0 Å². The number of thiophene rings is 1. The predicted molar refractivity (Wildman–Crippen MR) is 86.5 cm³/mol. The monoisotopic (exact) mass is 380 g/mol. The molecule has 0 radical (unpaired) electrons. The number of carbonyl (C=O) groups is 1. The quantitative estimate of drug-likeness (QED) is 0.629. The van der Waals surface area contributed by atoms with Crippen LogP contribution in [0, 0.1) is 0 Å². The van der Waals surface area contributed by atoms with Gasteiger partial charge in [0, 0.05) is 4.47 Å². The van der Waals surface area contributed by atoms with Crippen LogP contribution in [0.15, 0.2) is 46.3 Å². The molecule has 0 saturated carbocycles. The number of nitrogens with zero attached hydrogens (tertiary/aromatic N) is 2. The van der Waals surface area contributed by atoms with Crippen LogP contribution in [0.4, 0.5) is 0 Å². The highest BCUT2D eigenvalue weighted by Crippen LogP contribution is 2.28. The summed E-state index contributed by atoms with van der Waals surface area (Å²) in [6, 6.07) is 11.5. The minimum absolute atomic E-state index is 0.230. The lowest BCUT2D eigenvalue weighted by Crippen LogP contribution is -2.04. The first kappa shape index (κ1) is 14.4. The first-order chi connectivity index (χ1) is 10.2. The zero-order valence-corrected chi connectivity index (χ0v) is 13.9. The van der Waals surface area contributed by atoms with Crippen LogP contribution in [-0.4, -0.2) is 15.6 Å². The van der Waals surface area contributed by atoms with E-state index in [1.165, 1.54) is 11.3 Å². The molecule has 0 bridgehead atoms. The van der Waals surface area contributed by atoms with Gasteiger partial charge in [-0.2, -0.15) is 0 Å². The molecule has 0 atom stereocenters. The second-order valence-corrected chi connectivity index (χ2v) is 6.75. The normalized spacial score (nSPS) is 10.5. The molecule has 106 valence electrons. The molecule has 0 unspecified atom stereocenters. The molecule has 21 heavy (non-hydrogen) atoms. The van der Waals surface area contributed by atoms with E-state index in [1.807, 2.05) is 41.8 Å². The molecule has 0 aliphatic heterocycles. The average molecular weight is 381 g/mol. The van der Waals surface area contributed by atoms with Crippen molar-refractivity contribution < 1.29 is 9.53 Å². The van der Waals surface area contributed by atoms with Crippen molar-refractivity contribution >= 4 is 44.8 Å². The highest BCUT2D eigenvalue weighted by atomic mass is 79.9. The third-order valence-electron chi connectivity index (χ3n) is 2.71. The smallest absolute Gasteiger partial charge is 0.352 e. The maximum Gasteiger partial charge on any atom is 0.352 e. The van der Waals surface area contributed by atoms with Crippen LogP contribution in [0.3, 0.4) is 0 Å². The van der Waals surface area contributed by atoms with E-state index in [9.17, 15) is 4.79 Å². The van der Waals surface area contributed by atoms with E-state index < -0.39 is 5.97 Å². The van der Waals surface area contributed by atoms with Gasteiger partial charge in [-0.1, -0.05) is 38.6 Å². The molecule has 2 heterocycles. The maximum atomic E-state index is 12.2. The van der Waals surface area contributed by atoms with E-state index in [2.05, 4.69) is 25.5 Å². The Morgan fingerprint density at radius 1 is 1.24 bits per heavy atom. The third-order valence-corrected chi connectivity index (χ3v) is 4.82. The molecule has 1 aromatic carbocycles. The molecule has 0 N–H and O–H groups in total. The summed E-state index contributed by atoms with van der Waals surface area (Å²) in [6.45, 7) is 0.230. The highest BCUT2D eigenvalue weighted by Gasteiger charge is 2.19. The Morgan fingerprint density at radius 3 is 2.76 bits per heavy atom. The van der Waals surface area contributed by atoms with Gasteiger partial charge in [0.2, 0.25) is 0 Å². The van der Waals surface area contributed by atoms with Crippen LogP contribution >= 0.6 is 38.8 Å². The SMILES string of the molecule is O=C(OCc1ccc(Br)cc1)c1snnc1-c1cccs1. The largest absolute Gasteiger partial charge is 0.457 e. The minimum Gasteiger partial charge on any atom is -0.457 e. The van der Waals surface area contributed by atoms with Crippen LogP contribution in [0.5, 0.6) is 0 Å². The number of hydrogen-bond acceptors (Lipinski definition) is 6. The number of hydrogen-bond donors (Lipinski definition) is 0. The Kier molecular flexibility index (Phi) is 4.42. The average Bonchev–Trinajstić information content (AvgIpc) is 3.16. The van der Waals surface area contributed by atoms with Crippen molar-refractivity contribution in [2.24, 2.45) is 0 Å². The van der Waals surface area contributed by atoms with Crippen molar-refractivity contribution in [3.05, 3.63) is 56.7 Å². The van der Waals surface area contributed by atoms with Crippen molar-refractivity contribution in [2.45, 2.75) is 6.61 Å². The Morgan fingerprint density at radius 2 is 2.05 bits per heavy atom. The van der Waals surface area contributed by atoms with Gasteiger partial charge in [-0.05, 0) is 40.7 Å². The summed E-state index contributed by atoms with van der Waals surface area (Å²) in [4.78, 5) is 13.5. The Balaban J connectivity index is 1.72. The summed E-state index contributed by atoms with van der Waals surface area (Å²) < 4.78 is 10.2. The molecule has 0 fully saturated rings. The lowest BCUT2D eigenvalue weighted by Gasteiger charge is -2.04. The van der Waals surface area contributed by atoms with Crippen LogP contribution in [0.25, 0.3) is 10.6 Å². The number of aromatic nitrogens is 2. The fraction of sp³-hybridized carbons (Fsp3) is 0.0714. The van der Waals surface area contributed by atoms with Gasteiger partial charge in [-0.25, -0.2) is 4.79 Å². The molecule has 4 nitrogen and oxygen atoms in total. The molecule has 0 aliphatic rings. The standard InChI is InChI=1S/C14H9BrN2O2S2/c15-10-5-3-9(4-6-10)8-19-14(18)13-12(16-17-21-13)11-2-1-7-20-11/h1-7H,8H2. The number of esters is 1. The van der Waals surface area contributed by atoms with Gasteiger partial charge in [0.15, 0.2) is 4.88 Å². The number of rotatable bonds is 4.